The zero-order valence-corrected chi connectivity index (χ0v) is 12.1. The van der Waals surface area contributed by atoms with Crippen LogP contribution in [0, 0.1) is 13.8 Å². The molecule has 0 saturated heterocycles. The minimum atomic E-state index is -0.304. The molecule has 7 heteroatoms. The molecule has 0 radical (unpaired) electrons. The Bertz CT molecular complexity index is 894. The molecule has 2 aromatic heterocycles. The monoisotopic (exact) mass is 302 g/mol. The molecule has 21 heavy (non-hydrogen) atoms. The summed E-state index contributed by atoms with van der Waals surface area (Å²) in [6.45, 7) is 3.37. The van der Waals surface area contributed by atoms with E-state index in [2.05, 4.69) is 15.2 Å². The number of aromatic nitrogens is 3. The first-order valence-electron chi connectivity index (χ1n) is 6.22. The number of hydrogen-bond donors (Lipinski definition) is 0. The molecule has 0 bridgehead atoms. The second-order valence-electron chi connectivity index (χ2n) is 4.52. The summed E-state index contributed by atoms with van der Waals surface area (Å²) in [5, 5.41) is 8.91. The van der Waals surface area contributed by atoms with Gasteiger partial charge in [-0.05, 0) is 31.5 Å². The topological polar surface area (TPSA) is 73.3 Å². The van der Waals surface area contributed by atoms with Gasteiger partial charge in [0.25, 0.3) is 11.3 Å². The van der Waals surface area contributed by atoms with Gasteiger partial charge in [0.1, 0.15) is 11.2 Å². The molecule has 0 spiro atoms. The molecular formula is C14H11ClN4O2. The Morgan fingerprint density at radius 3 is 2.71 bits per heavy atom. The zero-order chi connectivity index (χ0) is 15.0. The van der Waals surface area contributed by atoms with Crippen molar-refractivity contribution in [3.8, 4) is 0 Å². The third-order valence-electron chi connectivity index (χ3n) is 3.01. The average molecular weight is 303 g/mol. The molecule has 0 fully saturated rings. The first-order valence-corrected chi connectivity index (χ1v) is 6.59. The third-order valence-corrected chi connectivity index (χ3v) is 3.27. The summed E-state index contributed by atoms with van der Waals surface area (Å²) in [5.41, 5.74) is 1.25. The first-order chi connectivity index (χ1) is 10.1. The van der Waals surface area contributed by atoms with Crippen LogP contribution in [0.4, 0.5) is 0 Å². The van der Waals surface area contributed by atoms with E-state index in [-0.39, 0.29) is 11.3 Å². The highest BCUT2D eigenvalue weighted by Crippen LogP contribution is 2.12. The molecule has 0 atom stereocenters. The minimum Gasteiger partial charge on any atom is -0.335 e. The van der Waals surface area contributed by atoms with Gasteiger partial charge in [-0.3, -0.25) is 4.79 Å². The Labute approximate surface area is 124 Å². The number of fused-ring (bicyclic) bond motifs is 1. The average Bonchev–Trinajstić information content (AvgIpc) is 2.82. The van der Waals surface area contributed by atoms with Crippen LogP contribution in [0.15, 0.2) is 38.7 Å². The summed E-state index contributed by atoms with van der Waals surface area (Å²) in [6.07, 6.45) is 1.57. The van der Waals surface area contributed by atoms with Gasteiger partial charge in [-0.2, -0.15) is 14.8 Å². The standard InChI is InChI=1S/C14H11ClN4O2/c1-8-12-13(21-18-8)17-9(2)19(14(12)20)16-7-10-3-5-11(15)6-4-10/h3-7H,1-2H3/b16-7+. The predicted octanol–water partition coefficient (Wildman–Crippen LogP) is 2.54. The number of aryl methyl sites for hydroxylation is 2. The molecule has 3 aromatic rings. The van der Waals surface area contributed by atoms with Crippen LogP contribution in [0.1, 0.15) is 17.1 Å². The highest BCUT2D eigenvalue weighted by atomic mass is 35.5. The van der Waals surface area contributed by atoms with Crippen LogP contribution in [0.25, 0.3) is 11.1 Å². The fraction of sp³-hybridized carbons (Fsp3) is 0.143. The second kappa shape index (κ2) is 5.14. The van der Waals surface area contributed by atoms with Crippen molar-refractivity contribution in [1.29, 1.82) is 0 Å². The maximum atomic E-state index is 12.4. The van der Waals surface area contributed by atoms with Crippen molar-refractivity contribution in [3.63, 3.8) is 0 Å². The van der Waals surface area contributed by atoms with E-state index in [1.54, 1.807) is 32.2 Å². The molecule has 106 valence electrons. The molecule has 0 amide bonds. The molecule has 0 aliphatic rings. The van der Waals surface area contributed by atoms with Gasteiger partial charge in [-0.25, -0.2) is 0 Å². The summed E-state index contributed by atoms with van der Waals surface area (Å²) in [5.74, 6) is 0.425. The third kappa shape index (κ3) is 2.45. The number of hydrogen-bond acceptors (Lipinski definition) is 5. The van der Waals surface area contributed by atoms with E-state index < -0.39 is 0 Å². The normalized spacial score (nSPS) is 11.6. The van der Waals surface area contributed by atoms with Crippen LogP contribution in [0.3, 0.4) is 0 Å². The van der Waals surface area contributed by atoms with Crippen LogP contribution in [-0.4, -0.2) is 21.0 Å². The van der Waals surface area contributed by atoms with Gasteiger partial charge >= 0.3 is 0 Å². The summed E-state index contributed by atoms with van der Waals surface area (Å²) in [7, 11) is 0. The van der Waals surface area contributed by atoms with Gasteiger partial charge in [-0.1, -0.05) is 28.9 Å². The second-order valence-corrected chi connectivity index (χ2v) is 4.96. The molecule has 1 aromatic carbocycles. The van der Waals surface area contributed by atoms with Gasteiger partial charge in [0.15, 0.2) is 0 Å². The summed E-state index contributed by atoms with van der Waals surface area (Å²) in [4.78, 5) is 16.6. The van der Waals surface area contributed by atoms with E-state index >= 15 is 0 Å². The minimum absolute atomic E-state index is 0.230. The Morgan fingerprint density at radius 2 is 2.00 bits per heavy atom. The van der Waals surface area contributed by atoms with E-state index in [1.165, 1.54) is 4.68 Å². The van der Waals surface area contributed by atoms with Crippen molar-refractivity contribution in [3.05, 3.63) is 56.7 Å². The van der Waals surface area contributed by atoms with Gasteiger partial charge in [0, 0.05) is 5.02 Å². The maximum absolute atomic E-state index is 12.4. The van der Waals surface area contributed by atoms with E-state index in [0.29, 0.717) is 21.9 Å². The first kappa shape index (κ1) is 13.5. The lowest BCUT2D eigenvalue weighted by Gasteiger charge is -2.02. The van der Waals surface area contributed by atoms with Crippen molar-refractivity contribution < 1.29 is 4.52 Å². The van der Waals surface area contributed by atoms with Crippen molar-refractivity contribution in [2.24, 2.45) is 5.10 Å². The smallest absolute Gasteiger partial charge is 0.287 e. The van der Waals surface area contributed by atoms with E-state index in [4.69, 9.17) is 16.1 Å². The Morgan fingerprint density at radius 1 is 1.29 bits per heavy atom. The van der Waals surface area contributed by atoms with Gasteiger partial charge < -0.3 is 4.52 Å². The number of halogens is 1. The van der Waals surface area contributed by atoms with E-state index in [1.807, 2.05) is 12.1 Å². The molecule has 0 aliphatic carbocycles. The molecule has 2 heterocycles. The molecule has 6 nitrogen and oxygen atoms in total. The number of benzene rings is 1. The fourth-order valence-electron chi connectivity index (χ4n) is 1.94. The molecular weight excluding hydrogens is 292 g/mol. The summed E-state index contributed by atoms with van der Waals surface area (Å²) >= 11 is 5.82. The zero-order valence-electron chi connectivity index (χ0n) is 11.4. The van der Waals surface area contributed by atoms with E-state index in [9.17, 15) is 4.79 Å². The van der Waals surface area contributed by atoms with Crippen LogP contribution >= 0.6 is 11.6 Å². The lowest BCUT2D eigenvalue weighted by Crippen LogP contribution is -2.20. The van der Waals surface area contributed by atoms with Gasteiger partial charge in [0.2, 0.25) is 0 Å². The Hall–Kier alpha value is -2.47. The van der Waals surface area contributed by atoms with Gasteiger partial charge in [-0.15, -0.1) is 0 Å². The number of rotatable bonds is 2. The molecule has 0 N–H and O–H groups in total. The summed E-state index contributed by atoms with van der Waals surface area (Å²) < 4.78 is 6.22. The predicted molar refractivity (Wildman–Crippen MR) is 80.0 cm³/mol. The fourth-order valence-corrected chi connectivity index (χ4v) is 2.06. The van der Waals surface area contributed by atoms with Crippen molar-refractivity contribution in [1.82, 2.24) is 14.8 Å². The van der Waals surface area contributed by atoms with Crippen LogP contribution in [0.2, 0.25) is 5.02 Å². The Kier molecular flexibility index (Phi) is 3.31. The molecule has 3 rings (SSSR count). The van der Waals surface area contributed by atoms with Crippen LogP contribution < -0.4 is 5.56 Å². The lowest BCUT2D eigenvalue weighted by atomic mass is 10.2. The highest BCUT2D eigenvalue weighted by molar-refractivity contribution is 6.30. The Balaban J connectivity index is 2.10. The molecule has 0 aliphatic heterocycles. The SMILES string of the molecule is Cc1noc2nc(C)n(/N=C/c3ccc(Cl)cc3)c(=O)c12. The number of nitrogens with zero attached hydrogens (tertiary/aromatic N) is 4. The van der Waals surface area contributed by atoms with Crippen molar-refractivity contribution in [2.45, 2.75) is 13.8 Å². The highest BCUT2D eigenvalue weighted by Gasteiger charge is 2.14. The van der Waals surface area contributed by atoms with Crippen LogP contribution in [-0.2, 0) is 0 Å². The van der Waals surface area contributed by atoms with Crippen molar-refractivity contribution >= 4 is 28.9 Å². The largest absolute Gasteiger partial charge is 0.335 e. The quantitative estimate of drug-likeness (QED) is 0.682. The maximum Gasteiger partial charge on any atom is 0.287 e. The van der Waals surface area contributed by atoms with E-state index in [0.717, 1.165) is 5.56 Å². The van der Waals surface area contributed by atoms with Crippen LogP contribution in [0.5, 0.6) is 0 Å². The summed E-state index contributed by atoms with van der Waals surface area (Å²) in [6, 6.07) is 7.12. The molecule has 0 unspecified atom stereocenters. The van der Waals surface area contributed by atoms with Gasteiger partial charge in [0.05, 0.1) is 11.9 Å². The lowest BCUT2D eigenvalue weighted by molar-refractivity contribution is 0.441. The van der Waals surface area contributed by atoms with Crippen molar-refractivity contribution in [2.75, 3.05) is 0 Å². The molecule has 0 saturated carbocycles.